The van der Waals surface area contributed by atoms with E-state index in [1.165, 1.54) is 18.2 Å². The van der Waals surface area contributed by atoms with Crippen LogP contribution in [0.15, 0.2) is 27.6 Å². The van der Waals surface area contributed by atoms with E-state index in [0.29, 0.717) is 10.2 Å². The Morgan fingerprint density at radius 3 is 2.53 bits per heavy atom. The molecule has 7 heteroatoms. The molecule has 0 aromatic heterocycles. The number of hydrogen-bond acceptors (Lipinski definition) is 3. The summed E-state index contributed by atoms with van der Waals surface area (Å²) in [6, 6.07) is 4.24. The van der Waals surface area contributed by atoms with Crippen molar-refractivity contribution >= 4 is 47.3 Å². The Labute approximate surface area is 112 Å². The molecule has 1 aliphatic rings. The lowest BCUT2D eigenvalue weighted by Crippen LogP contribution is -2.13. The lowest BCUT2D eigenvalue weighted by Gasteiger charge is -2.07. The van der Waals surface area contributed by atoms with Crippen LogP contribution in [0.4, 0.5) is 5.69 Å². The van der Waals surface area contributed by atoms with Gasteiger partial charge in [0.05, 0.1) is 10.6 Å². The molecule has 1 fully saturated rings. The van der Waals surface area contributed by atoms with Crippen LogP contribution in [0.1, 0.15) is 12.8 Å². The Morgan fingerprint density at radius 1 is 1.41 bits per heavy atom. The molecule has 0 atom stereocenters. The van der Waals surface area contributed by atoms with Gasteiger partial charge in [0, 0.05) is 21.1 Å². The average molecular weight is 339 g/mol. The van der Waals surface area contributed by atoms with Crippen molar-refractivity contribution in [1.29, 1.82) is 0 Å². The van der Waals surface area contributed by atoms with Gasteiger partial charge in [-0.25, -0.2) is 8.42 Å². The third-order valence-corrected chi connectivity index (χ3v) is 4.44. The molecule has 0 saturated heterocycles. The van der Waals surface area contributed by atoms with Gasteiger partial charge in [-0.2, -0.15) is 0 Å². The van der Waals surface area contributed by atoms with E-state index >= 15 is 0 Å². The Bertz CT molecular complexity index is 569. The third kappa shape index (κ3) is 3.20. The molecule has 0 bridgehead atoms. The summed E-state index contributed by atoms with van der Waals surface area (Å²) >= 11 is 3.20. The van der Waals surface area contributed by atoms with E-state index in [-0.39, 0.29) is 16.7 Å². The molecule has 0 unspecified atom stereocenters. The maximum Gasteiger partial charge on any atom is 0.261 e. The topological polar surface area (TPSA) is 63.2 Å². The van der Waals surface area contributed by atoms with Crippen LogP contribution >= 0.6 is 26.6 Å². The van der Waals surface area contributed by atoms with Crippen LogP contribution < -0.4 is 5.32 Å². The number of carbonyl (C=O) groups excluding carboxylic acids is 1. The zero-order valence-corrected chi connectivity index (χ0v) is 11.8. The lowest BCUT2D eigenvalue weighted by molar-refractivity contribution is -0.117. The summed E-state index contributed by atoms with van der Waals surface area (Å²) in [6.07, 6.45) is 1.83. The summed E-state index contributed by atoms with van der Waals surface area (Å²) in [5.41, 5.74) is 0.547. The standard InChI is InChI=1S/C10H9BrClNO3S/c11-8-5-7(17(12,15)16)3-4-9(8)13-10(14)6-1-2-6/h3-6H,1-2H2,(H,13,14). The zero-order chi connectivity index (χ0) is 12.6. The van der Waals surface area contributed by atoms with Crippen LogP contribution in [-0.2, 0) is 13.8 Å². The normalized spacial score (nSPS) is 15.6. The summed E-state index contributed by atoms with van der Waals surface area (Å²) < 4.78 is 22.7. The van der Waals surface area contributed by atoms with Crippen molar-refractivity contribution in [1.82, 2.24) is 0 Å². The smallest absolute Gasteiger partial charge is 0.261 e. The van der Waals surface area contributed by atoms with Crippen molar-refractivity contribution in [3.05, 3.63) is 22.7 Å². The van der Waals surface area contributed by atoms with Gasteiger partial charge in [-0.15, -0.1) is 0 Å². The van der Waals surface area contributed by atoms with E-state index < -0.39 is 9.05 Å². The number of anilines is 1. The predicted molar refractivity (Wildman–Crippen MR) is 68.5 cm³/mol. The van der Waals surface area contributed by atoms with Gasteiger partial charge in [0.2, 0.25) is 5.91 Å². The van der Waals surface area contributed by atoms with Gasteiger partial charge in [-0.05, 0) is 47.0 Å². The SMILES string of the molecule is O=C(Nc1ccc(S(=O)(=O)Cl)cc1Br)C1CC1. The first-order valence-electron chi connectivity index (χ1n) is 4.93. The van der Waals surface area contributed by atoms with Crippen LogP contribution in [0.5, 0.6) is 0 Å². The van der Waals surface area contributed by atoms with E-state index in [4.69, 9.17) is 10.7 Å². The molecule has 4 nitrogen and oxygen atoms in total. The molecule has 92 valence electrons. The first-order valence-corrected chi connectivity index (χ1v) is 8.03. The van der Waals surface area contributed by atoms with Gasteiger partial charge in [0.25, 0.3) is 9.05 Å². The first kappa shape index (κ1) is 12.9. The molecule has 1 amide bonds. The highest BCUT2D eigenvalue weighted by Crippen LogP contribution is 2.32. The van der Waals surface area contributed by atoms with Crippen molar-refractivity contribution < 1.29 is 13.2 Å². The van der Waals surface area contributed by atoms with Crippen LogP contribution in [0.25, 0.3) is 0 Å². The second-order valence-electron chi connectivity index (χ2n) is 3.84. The summed E-state index contributed by atoms with van der Waals surface area (Å²) in [6.45, 7) is 0. The Balaban J connectivity index is 2.22. The Morgan fingerprint density at radius 2 is 2.06 bits per heavy atom. The molecule has 1 saturated carbocycles. The lowest BCUT2D eigenvalue weighted by atomic mass is 10.3. The summed E-state index contributed by atoms with van der Waals surface area (Å²) in [5, 5.41) is 2.73. The Hall–Kier alpha value is -0.590. The fourth-order valence-corrected chi connectivity index (χ4v) is 2.74. The van der Waals surface area contributed by atoms with Crippen molar-refractivity contribution in [2.75, 3.05) is 5.32 Å². The first-order chi connectivity index (χ1) is 7.88. The minimum Gasteiger partial charge on any atom is -0.325 e. The number of amides is 1. The van der Waals surface area contributed by atoms with Crippen molar-refractivity contribution in [3.8, 4) is 0 Å². The monoisotopic (exact) mass is 337 g/mol. The second-order valence-corrected chi connectivity index (χ2v) is 7.26. The fraction of sp³-hybridized carbons (Fsp3) is 0.300. The average Bonchev–Trinajstić information content (AvgIpc) is 3.02. The van der Waals surface area contributed by atoms with E-state index in [2.05, 4.69) is 21.2 Å². The Kier molecular flexibility index (Phi) is 3.47. The minimum atomic E-state index is -3.75. The fourth-order valence-electron chi connectivity index (χ4n) is 1.33. The predicted octanol–water partition coefficient (Wildman–Crippen LogP) is 2.73. The van der Waals surface area contributed by atoms with Gasteiger partial charge in [-0.1, -0.05) is 0 Å². The second kappa shape index (κ2) is 4.59. The highest BCUT2D eigenvalue weighted by atomic mass is 79.9. The molecular weight excluding hydrogens is 330 g/mol. The number of nitrogens with one attached hydrogen (secondary N) is 1. The number of benzene rings is 1. The van der Waals surface area contributed by atoms with Crippen LogP contribution in [0.2, 0.25) is 0 Å². The largest absolute Gasteiger partial charge is 0.325 e. The maximum absolute atomic E-state index is 11.5. The summed E-state index contributed by atoms with van der Waals surface area (Å²) in [7, 11) is 1.47. The molecule has 17 heavy (non-hydrogen) atoms. The third-order valence-electron chi connectivity index (χ3n) is 2.43. The van der Waals surface area contributed by atoms with E-state index in [0.717, 1.165) is 12.8 Å². The quantitative estimate of drug-likeness (QED) is 0.862. The summed E-state index contributed by atoms with van der Waals surface area (Å²) in [4.78, 5) is 11.5. The maximum atomic E-state index is 11.5. The van der Waals surface area contributed by atoms with Gasteiger partial charge in [0.15, 0.2) is 0 Å². The van der Waals surface area contributed by atoms with Gasteiger partial charge in [0.1, 0.15) is 0 Å². The van der Waals surface area contributed by atoms with Crippen molar-refractivity contribution in [3.63, 3.8) is 0 Å². The molecule has 0 spiro atoms. The highest BCUT2D eigenvalue weighted by Gasteiger charge is 2.29. The van der Waals surface area contributed by atoms with Crippen LogP contribution in [0.3, 0.4) is 0 Å². The van der Waals surface area contributed by atoms with Gasteiger partial charge < -0.3 is 5.32 Å². The molecule has 1 aromatic carbocycles. The molecule has 1 N–H and O–H groups in total. The number of carbonyl (C=O) groups is 1. The van der Waals surface area contributed by atoms with Crippen LogP contribution in [0, 0.1) is 5.92 Å². The molecule has 0 aliphatic heterocycles. The number of rotatable bonds is 3. The number of halogens is 2. The molecule has 1 aromatic rings. The molecule has 0 radical (unpaired) electrons. The van der Waals surface area contributed by atoms with Crippen molar-refractivity contribution in [2.24, 2.45) is 5.92 Å². The molecule has 0 heterocycles. The van der Waals surface area contributed by atoms with E-state index in [1.807, 2.05) is 0 Å². The summed E-state index contributed by atoms with van der Waals surface area (Å²) in [5.74, 6) is 0.0607. The van der Waals surface area contributed by atoms with Crippen molar-refractivity contribution in [2.45, 2.75) is 17.7 Å². The number of hydrogen-bond donors (Lipinski definition) is 1. The van der Waals surface area contributed by atoms with E-state index in [9.17, 15) is 13.2 Å². The molecular formula is C10H9BrClNO3S. The molecule has 1 aliphatic carbocycles. The zero-order valence-electron chi connectivity index (χ0n) is 8.61. The molecule has 2 rings (SSSR count). The highest BCUT2D eigenvalue weighted by molar-refractivity contribution is 9.10. The van der Waals surface area contributed by atoms with E-state index in [1.54, 1.807) is 0 Å². The van der Waals surface area contributed by atoms with Crippen LogP contribution in [-0.4, -0.2) is 14.3 Å². The van der Waals surface area contributed by atoms with Gasteiger partial charge >= 0.3 is 0 Å². The van der Waals surface area contributed by atoms with Gasteiger partial charge in [-0.3, -0.25) is 4.79 Å². The minimum absolute atomic E-state index is 0.00420.